The molecule has 7 heteroatoms. The largest absolute Gasteiger partial charge is 0.392 e. The van der Waals surface area contributed by atoms with Crippen LogP contribution in [0.1, 0.15) is 11.1 Å². The Morgan fingerprint density at radius 2 is 2.03 bits per heavy atom. The highest BCUT2D eigenvalue weighted by atomic mass is 35.5. The summed E-state index contributed by atoms with van der Waals surface area (Å²) >= 11 is 6.36. The molecular formula is C23H19ClN4O2. The van der Waals surface area contributed by atoms with Gasteiger partial charge in [-0.25, -0.2) is 4.98 Å². The number of fused-ring (bicyclic) bond motifs is 1. The Morgan fingerprint density at radius 3 is 2.77 bits per heavy atom. The van der Waals surface area contributed by atoms with Gasteiger partial charge in [0.05, 0.1) is 12.2 Å². The fourth-order valence-electron chi connectivity index (χ4n) is 3.41. The van der Waals surface area contributed by atoms with Gasteiger partial charge >= 0.3 is 0 Å². The SMILES string of the molecule is C=Cc1c(-c2ccccc2Cl)c(=O)n(C)c2nc(Nc3cccc(CO)c3)ncc12. The van der Waals surface area contributed by atoms with E-state index in [9.17, 15) is 9.90 Å². The molecule has 0 atom stereocenters. The van der Waals surface area contributed by atoms with E-state index in [0.29, 0.717) is 38.7 Å². The van der Waals surface area contributed by atoms with Crippen LogP contribution < -0.4 is 10.9 Å². The third-order valence-electron chi connectivity index (χ3n) is 4.88. The van der Waals surface area contributed by atoms with Gasteiger partial charge in [-0.3, -0.25) is 9.36 Å². The monoisotopic (exact) mass is 418 g/mol. The van der Waals surface area contributed by atoms with Gasteiger partial charge in [0.1, 0.15) is 5.65 Å². The maximum atomic E-state index is 13.2. The van der Waals surface area contributed by atoms with Gasteiger partial charge in [-0.2, -0.15) is 4.98 Å². The first-order valence-corrected chi connectivity index (χ1v) is 9.65. The van der Waals surface area contributed by atoms with Gasteiger partial charge < -0.3 is 10.4 Å². The molecule has 0 bridgehead atoms. The van der Waals surface area contributed by atoms with Crippen LogP contribution in [-0.2, 0) is 13.7 Å². The highest BCUT2D eigenvalue weighted by Crippen LogP contribution is 2.32. The number of benzene rings is 2. The predicted molar refractivity (Wildman–Crippen MR) is 121 cm³/mol. The maximum Gasteiger partial charge on any atom is 0.260 e. The Balaban J connectivity index is 1.89. The fourth-order valence-corrected chi connectivity index (χ4v) is 3.64. The molecule has 0 amide bonds. The molecule has 0 saturated carbocycles. The molecule has 0 aliphatic rings. The summed E-state index contributed by atoms with van der Waals surface area (Å²) < 4.78 is 1.48. The van der Waals surface area contributed by atoms with Crippen LogP contribution >= 0.6 is 11.6 Å². The second-order valence-electron chi connectivity index (χ2n) is 6.75. The fraction of sp³-hybridized carbons (Fsp3) is 0.0870. The summed E-state index contributed by atoms with van der Waals surface area (Å²) in [4.78, 5) is 22.2. The van der Waals surface area contributed by atoms with Crippen LogP contribution in [0.25, 0.3) is 28.2 Å². The Labute approximate surface area is 178 Å². The quantitative estimate of drug-likeness (QED) is 0.497. The third kappa shape index (κ3) is 3.47. The van der Waals surface area contributed by atoms with E-state index >= 15 is 0 Å². The number of anilines is 2. The van der Waals surface area contributed by atoms with E-state index in [2.05, 4.69) is 21.9 Å². The van der Waals surface area contributed by atoms with E-state index < -0.39 is 0 Å². The van der Waals surface area contributed by atoms with Crippen molar-refractivity contribution in [2.45, 2.75) is 6.61 Å². The van der Waals surface area contributed by atoms with Crippen LogP contribution in [0, 0.1) is 0 Å². The minimum atomic E-state index is -0.225. The summed E-state index contributed by atoms with van der Waals surface area (Å²) in [5, 5.41) is 13.6. The first-order chi connectivity index (χ1) is 14.5. The van der Waals surface area contributed by atoms with E-state index in [0.717, 1.165) is 11.3 Å². The number of nitrogens with zero attached hydrogens (tertiary/aromatic N) is 3. The lowest BCUT2D eigenvalue weighted by Gasteiger charge is -2.15. The van der Waals surface area contributed by atoms with Crippen molar-refractivity contribution in [2.24, 2.45) is 7.05 Å². The van der Waals surface area contributed by atoms with E-state index in [4.69, 9.17) is 11.6 Å². The third-order valence-corrected chi connectivity index (χ3v) is 5.21. The van der Waals surface area contributed by atoms with Gasteiger partial charge in [0, 0.05) is 34.9 Å². The van der Waals surface area contributed by atoms with Crippen LogP contribution in [0.3, 0.4) is 0 Å². The number of hydrogen-bond donors (Lipinski definition) is 2. The average Bonchev–Trinajstić information content (AvgIpc) is 2.77. The molecule has 2 heterocycles. The molecule has 30 heavy (non-hydrogen) atoms. The second-order valence-corrected chi connectivity index (χ2v) is 7.16. The molecule has 6 nitrogen and oxygen atoms in total. The molecule has 0 unspecified atom stereocenters. The maximum absolute atomic E-state index is 13.2. The Bertz CT molecular complexity index is 1330. The molecule has 0 aliphatic heterocycles. The number of aliphatic hydroxyl groups is 1. The van der Waals surface area contributed by atoms with E-state index in [1.54, 1.807) is 25.4 Å². The Hall–Kier alpha value is -3.48. The number of nitrogens with one attached hydrogen (secondary N) is 1. The van der Waals surface area contributed by atoms with Crippen molar-refractivity contribution in [1.82, 2.24) is 14.5 Å². The molecule has 0 radical (unpaired) electrons. The number of aromatic nitrogens is 3. The number of pyridine rings is 1. The average molecular weight is 419 g/mol. The molecule has 0 saturated heterocycles. The van der Waals surface area contributed by atoms with Crippen molar-refractivity contribution >= 4 is 40.3 Å². The lowest BCUT2D eigenvalue weighted by Crippen LogP contribution is -2.22. The van der Waals surface area contributed by atoms with Crippen molar-refractivity contribution in [3.05, 3.63) is 87.8 Å². The molecule has 2 aromatic carbocycles. The van der Waals surface area contributed by atoms with Gasteiger partial charge in [-0.05, 0) is 29.3 Å². The summed E-state index contributed by atoms with van der Waals surface area (Å²) in [6.07, 6.45) is 3.29. The highest BCUT2D eigenvalue weighted by Gasteiger charge is 2.18. The summed E-state index contributed by atoms with van der Waals surface area (Å²) in [6, 6.07) is 14.5. The van der Waals surface area contributed by atoms with Gasteiger partial charge in [-0.1, -0.05) is 54.6 Å². The van der Waals surface area contributed by atoms with Crippen LogP contribution in [0.15, 0.2) is 66.1 Å². The normalized spacial score (nSPS) is 10.9. The zero-order chi connectivity index (χ0) is 21.3. The van der Waals surface area contributed by atoms with Gasteiger partial charge in [0.2, 0.25) is 5.95 Å². The summed E-state index contributed by atoms with van der Waals surface area (Å²) in [6.45, 7) is 3.83. The number of halogens is 1. The zero-order valence-corrected chi connectivity index (χ0v) is 17.0. The lowest BCUT2D eigenvalue weighted by atomic mass is 9.99. The van der Waals surface area contributed by atoms with E-state index in [1.165, 1.54) is 4.57 Å². The van der Waals surface area contributed by atoms with Crippen molar-refractivity contribution < 1.29 is 5.11 Å². The summed E-state index contributed by atoms with van der Waals surface area (Å²) in [5.41, 5.74) is 3.49. The smallest absolute Gasteiger partial charge is 0.260 e. The molecule has 0 fully saturated rings. The summed E-state index contributed by atoms with van der Waals surface area (Å²) in [5.74, 6) is 0.341. The van der Waals surface area contributed by atoms with E-state index in [-0.39, 0.29) is 12.2 Å². The molecule has 0 spiro atoms. The molecule has 150 valence electrons. The van der Waals surface area contributed by atoms with Crippen LogP contribution in [-0.4, -0.2) is 19.6 Å². The standard InChI is InChI=1S/C23H19ClN4O2/c1-3-16-18-12-25-23(26-15-8-6-7-14(11-15)13-29)27-21(18)28(2)22(30)20(16)17-9-4-5-10-19(17)24/h3-12,29H,1,13H2,2H3,(H,25,26,27). The molecule has 2 N–H and O–H groups in total. The topological polar surface area (TPSA) is 80.0 Å². The number of aliphatic hydroxyl groups excluding tert-OH is 1. The van der Waals surface area contributed by atoms with Crippen LogP contribution in [0.4, 0.5) is 11.6 Å². The van der Waals surface area contributed by atoms with E-state index in [1.807, 2.05) is 42.5 Å². The van der Waals surface area contributed by atoms with Gasteiger partial charge in [0.15, 0.2) is 0 Å². The predicted octanol–water partition coefficient (Wildman–Crippen LogP) is 4.53. The minimum absolute atomic E-state index is 0.0594. The highest BCUT2D eigenvalue weighted by molar-refractivity contribution is 6.33. The van der Waals surface area contributed by atoms with Crippen molar-refractivity contribution in [3.8, 4) is 11.1 Å². The first kappa shape index (κ1) is 19.8. The van der Waals surface area contributed by atoms with Gasteiger partial charge in [0.25, 0.3) is 5.56 Å². The molecule has 4 aromatic rings. The van der Waals surface area contributed by atoms with Gasteiger partial charge in [-0.15, -0.1) is 0 Å². The van der Waals surface area contributed by atoms with Crippen molar-refractivity contribution in [2.75, 3.05) is 5.32 Å². The van der Waals surface area contributed by atoms with Crippen molar-refractivity contribution in [3.63, 3.8) is 0 Å². The van der Waals surface area contributed by atoms with Crippen LogP contribution in [0.5, 0.6) is 0 Å². The summed E-state index contributed by atoms with van der Waals surface area (Å²) in [7, 11) is 1.67. The molecule has 2 aromatic heterocycles. The van der Waals surface area contributed by atoms with Crippen LogP contribution in [0.2, 0.25) is 5.02 Å². The molecule has 4 rings (SSSR count). The Kier molecular flexibility index (Phi) is 5.35. The molecule has 0 aliphatic carbocycles. The van der Waals surface area contributed by atoms with Crippen molar-refractivity contribution in [1.29, 1.82) is 0 Å². The zero-order valence-electron chi connectivity index (χ0n) is 16.3. The minimum Gasteiger partial charge on any atom is -0.392 e. The number of rotatable bonds is 5. The number of hydrogen-bond acceptors (Lipinski definition) is 5. The Morgan fingerprint density at radius 1 is 1.23 bits per heavy atom. The molecular weight excluding hydrogens is 400 g/mol. The number of aryl methyl sites for hydroxylation is 1. The first-order valence-electron chi connectivity index (χ1n) is 9.27. The lowest BCUT2D eigenvalue weighted by molar-refractivity contribution is 0.282. The second kappa shape index (κ2) is 8.10.